The van der Waals surface area contributed by atoms with Crippen LogP contribution in [0.25, 0.3) is 0 Å². The summed E-state index contributed by atoms with van der Waals surface area (Å²) in [6, 6.07) is 0. The van der Waals surface area contributed by atoms with Gasteiger partial charge in [0, 0.05) is 0 Å². The molecular formula is C7H13NO5. The van der Waals surface area contributed by atoms with Gasteiger partial charge in [-0.05, 0) is 27.7 Å². The summed E-state index contributed by atoms with van der Waals surface area (Å²) in [6.45, 7) is 5.75. The zero-order chi connectivity index (χ0) is 10.6. The summed E-state index contributed by atoms with van der Waals surface area (Å²) >= 11 is 0. The average molecular weight is 191 g/mol. The van der Waals surface area contributed by atoms with Crippen molar-refractivity contribution < 1.29 is 19.5 Å². The number of hydrogen-bond acceptors (Lipinski definition) is 5. The molecule has 0 aromatic rings. The first-order valence-corrected chi connectivity index (χ1v) is 3.75. The topological polar surface area (TPSA) is 78.7 Å². The molecule has 0 radical (unpaired) electrons. The number of ether oxygens (including phenoxy) is 1. The first-order valence-electron chi connectivity index (χ1n) is 3.75. The summed E-state index contributed by atoms with van der Waals surface area (Å²) in [5, 5.41) is 8.93. The van der Waals surface area contributed by atoms with Crippen LogP contribution in [0, 0.1) is 10.1 Å². The number of rotatable bonds is 5. The maximum atomic E-state index is 10.9. The average Bonchev–Trinajstić information content (AvgIpc) is 1.82. The van der Waals surface area contributed by atoms with Crippen molar-refractivity contribution in [2.45, 2.75) is 39.6 Å². The maximum absolute atomic E-state index is 10.9. The quantitative estimate of drug-likeness (QED) is 0.367. The molecule has 0 aromatic carbocycles. The third kappa shape index (κ3) is 4.41. The van der Waals surface area contributed by atoms with Gasteiger partial charge in [-0.2, -0.15) is 0 Å². The second kappa shape index (κ2) is 4.18. The van der Waals surface area contributed by atoms with E-state index in [1.807, 2.05) is 0 Å². The SMILES string of the molecule is CC(=O)C(C)(C)OC(C)O[N+](=O)[O-]. The van der Waals surface area contributed by atoms with Gasteiger partial charge in [0.05, 0.1) is 0 Å². The van der Waals surface area contributed by atoms with Crippen molar-refractivity contribution in [2.75, 3.05) is 0 Å². The van der Waals surface area contributed by atoms with Gasteiger partial charge in [-0.25, -0.2) is 0 Å². The Morgan fingerprint density at radius 3 is 2.31 bits per heavy atom. The minimum absolute atomic E-state index is 0.216. The Morgan fingerprint density at radius 1 is 1.54 bits per heavy atom. The van der Waals surface area contributed by atoms with Crippen LogP contribution in [0.1, 0.15) is 27.7 Å². The summed E-state index contributed by atoms with van der Waals surface area (Å²) in [7, 11) is 0. The van der Waals surface area contributed by atoms with Crippen molar-refractivity contribution >= 4 is 5.78 Å². The molecule has 0 saturated heterocycles. The van der Waals surface area contributed by atoms with Crippen LogP contribution in [-0.2, 0) is 14.4 Å². The molecule has 0 aliphatic carbocycles. The molecule has 0 heterocycles. The van der Waals surface area contributed by atoms with E-state index in [1.165, 1.54) is 27.7 Å². The summed E-state index contributed by atoms with van der Waals surface area (Å²) in [4.78, 5) is 24.9. The molecule has 0 saturated carbocycles. The monoisotopic (exact) mass is 191 g/mol. The zero-order valence-corrected chi connectivity index (χ0v) is 8.07. The summed E-state index contributed by atoms with van der Waals surface area (Å²) in [6.07, 6.45) is -1.05. The molecule has 0 amide bonds. The van der Waals surface area contributed by atoms with E-state index in [4.69, 9.17) is 4.74 Å². The van der Waals surface area contributed by atoms with Gasteiger partial charge in [-0.3, -0.25) is 9.63 Å². The van der Waals surface area contributed by atoms with E-state index in [0.29, 0.717) is 0 Å². The van der Waals surface area contributed by atoms with Crippen molar-refractivity contribution in [3.8, 4) is 0 Å². The molecule has 76 valence electrons. The van der Waals surface area contributed by atoms with E-state index < -0.39 is 17.0 Å². The Morgan fingerprint density at radius 2 is 2.00 bits per heavy atom. The molecule has 0 rings (SSSR count). The van der Waals surface area contributed by atoms with Crippen LogP contribution >= 0.6 is 0 Å². The molecule has 6 nitrogen and oxygen atoms in total. The fourth-order valence-electron chi connectivity index (χ4n) is 0.641. The lowest BCUT2D eigenvalue weighted by molar-refractivity contribution is -0.780. The van der Waals surface area contributed by atoms with E-state index in [-0.39, 0.29) is 5.78 Å². The fraction of sp³-hybridized carbons (Fsp3) is 0.857. The second-order valence-electron chi connectivity index (χ2n) is 3.08. The van der Waals surface area contributed by atoms with Crippen molar-refractivity contribution in [1.82, 2.24) is 0 Å². The van der Waals surface area contributed by atoms with Gasteiger partial charge in [0.2, 0.25) is 6.29 Å². The highest BCUT2D eigenvalue weighted by molar-refractivity contribution is 5.83. The Hall–Kier alpha value is -1.17. The number of hydrogen-bond donors (Lipinski definition) is 0. The second-order valence-corrected chi connectivity index (χ2v) is 3.08. The summed E-state index contributed by atoms with van der Waals surface area (Å²) in [5.74, 6) is -0.216. The predicted molar refractivity (Wildman–Crippen MR) is 43.4 cm³/mol. The number of ketones is 1. The fourth-order valence-corrected chi connectivity index (χ4v) is 0.641. The molecule has 0 N–H and O–H groups in total. The first-order chi connectivity index (χ1) is 5.75. The van der Waals surface area contributed by atoms with Gasteiger partial charge in [0.1, 0.15) is 5.60 Å². The maximum Gasteiger partial charge on any atom is 0.297 e. The summed E-state index contributed by atoms with van der Waals surface area (Å²) in [5.41, 5.74) is -1.06. The largest absolute Gasteiger partial charge is 0.339 e. The van der Waals surface area contributed by atoms with Crippen LogP contribution in [0.3, 0.4) is 0 Å². The van der Waals surface area contributed by atoms with Crippen LogP contribution in [0.5, 0.6) is 0 Å². The number of Topliss-reactive ketones (excluding diaryl/α,β-unsaturated/α-hetero) is 1. The number of nitrogens with zero attached hydrogens (tertiary/aromatic N) is 1. The van der Waals surface area contributed by atoms with Crippen molar-refractivity contribution in [1.29, 1.82) is 0 Å². The zero-order valence-electron chi connectivity index (χ0n) is 8.07. The van der Waals surface area contributed by atoms with E-state index in [2.05, 4.69) is 4.84 Å². The molecule has 0 fully saturated rings. The minimum atomic E-state index is -1.06. The van der Waals surface area contributed by atoms with Crippen LogP contribution in [0.2, 0.25) is 0 Å². The van der Waals surface area contributed by atoms with Gasteiger partial charge in [-0.1, -0.05) is 0 Å². The van der Waals surface area contributed by atoms with E-state index in [1.54, 1.807) is 0 Å². The van der Waals surface area contributed by atoms with E-state index in [0.717, 1.165) is 0 Å². The highest BCUT2D eigenvalue weighted by atomic mass is 17.0. The van der Waals surface area contributed by atoms with Crippen LogP contribution in [-0.4, -0.2) is 22.8 Å². The van der Waals surface area contributed by atoms with Gasteiger partial charge < -0.3 is 4.74 Å². The predicted octanol–water partition coefficient (Wildman–Crippen LogP) is 0.925. The molecule has 13 heavy (non-hydrogen) atoms. The normalized spacial score (nSPS) is 13.5. The van der Waals surface area contributed by atoms with Crippen LogP contribution in [0.15, 0.2) is 0 Å². The Bertz CT molecular complexity index is 213. The molecule has 6 heteroatoms. The standard InChI is InChI=1S/C7H13NO5/c1-5(9)7(3,4)12-6(2)13-8(10)11/h6H,1-4H3. The number of carbonyl (C=O) groups is 1. The van der Waals surface area contributed by atoms with Gasteiger partial charge in [0.15, 0.2) is 5.78 Å². The molecule has 0 bridgehead atoms. The third-order valence-corrected chi connectivity index (χ3v) is 1.54. The van der Waals surface area contributed by atoms with Crippen LogP contribution < -0.4 is 0 Å². The van der Waals surface area contributed by atoms with E-state index >= 15 is 0 Å². The van der Waals surface area contributed by atoms with Crippen molar-refractivity contribution in [3.63, 3.8) is 0 Å². The minimum Gasteiger partial charge on any atom is -0.339 e. The lowest BCUT2D eigenvalue weighted by atomic mass is 10.1. The van der Waals surface area contributed by atoms with Gasteiger partial charge in [-0.15, -0.1) is 10.1 Å². The third-order valence-electron chi connectivity index (χ3n) is 1.54. The molecule has 1 unspecified atom stereocenters. The molecule has 0 aliphatic rings. The molecule has 0 aromatic heterocycles. The Kier molecular flexibility index (Phi) is 3.80. The smallest absolute Gasteiger partial charge is 0.297 e. The van der Waals surface area contributed by atoms with Gasteiger partial charge >= 0.3 is 0 Å². The lowest BCUT2D eigenvalue weighted by Gasteiger charge is -2.24. The molecule has 1 atom stereocenters. The molecular weight excluding hydrogens is 178 g/mol. The Balaban J connectivity index is 4.11. The highest BCUT2D eigenvalue weighted by Crippen LogP contribution is 2.13. The van der Waals surface area contributed by atoms with Crippen molar-refractivity contribution in [3.05, 3.63) is 10.1 Å². The number of carbonyl (C=O) groups excluding carboxylic acids is 1. The molecule has 0 aliphatic heterocycles. The lowest BCUT2D eigenvalue weighted by Crippen LogP contribution is -2.37. The van der Waals surface area contributed by atoms with Crippen LogP contribution in [0.4, 0.5) is 0 Å². The summed E-state index contributed by atoms with van der Waals surface area (Å²) < 4.78 is 5.00. The van der Waals surface area contributed by atoms with Gasteiger partial charge in [0.25, 0.3) is 5.09 Å². The Labute approximate surface area is 75.9 Å². The first kappa shape index (κ1) is 11.8. The highest BCUT2D eigenvalue weighted by Gasteiger charge is 2.27. The van der Waals surface area contributed by atoms with Crippen molar-refractivity contribution in [2.24, 2.45) is 0 Å². The molecule has 0 spiro atoms. The van der Waals surface area contributed by atoms with E-state index in [9.17, 15) is 14.9 Å².